The summed E-state index contributed by atoms with van der Waals surface area (Å²) >= 11 is 10.5. The molecule has 0 heterocycles. The molecular weight excluding hydrogens is 300 g/mol. The van der Waals surface area contributed by atoms with Crippen molar-refractivity contribution in [1.82, 2.24) is 0 Å². The third-order valence-electron chi connectivity index (χ3n) is 4.42. The first-order chi connectivity index (χ1) is 10.1. The largest absolute Gasteiger partial charge is 0.298 e. The Labute approximate surface area is 135 Å². The zero-order chi connectivity index (χ0) is 15.0. The first kappa shape index (κ1) is 14.7. The summed E-state index contributed by atoms with van der Waals surface area (Å²) in [5.74, 6) is 0.0932. The maximum Gasteiger partial charge on any atom is 0.151 e. The number of hydrogen-bond donors (Lipinski definition) is 1. The third kappa shape index (κ3) is 2.51. The highest BCUT2D eigenvalue weighted by Gasteiger charge is 2.59. The molecule has 3 unspecified atom stereocenters. The van der Waals surface area contributed by atoms with Crippen LogP contribution in [0.1, 0.15) is 30.4 Å². The third-order valence-corrected chi connectivity index (χ3v) is 5.29. The van der Waals surface area contributed by atoms with E-state index in [-0.39, 0.29) is 17.0 Å². The van der Waals surface area contributed by atoms with E-state index in [1.807, 2.05) is 61.5 Å². The molecular formula is C18H17ClOS. The number of rotatable bonds is 4. The molecule has 1 aliphatic carbocycles. The molecule has 0 N–H and O–H groups in total. The lowest BCUT2D eigenvalue weighted by atomic mass is 9.82. The number of ketones is 1. The maximum absolute atomic E-state index is 13.0. The van der Waals surface area contributed by atoms with Gasteiger partial charge in [0.2, 0.25) is 0 Å². The summed E-state index contributed by atoms with van der Waals surface area (Å²) < 4.78 is 0. The molecule has 0 radical (unpaired) electrons. The quantitative estimate of drug-likeness (QED) is 0.812. The van der Waals surface area contributed by atoms with E-state index in [1.54, 1.807) is 0 Å². The second-order valence-corrected chi connectivity index (χ2v) is 6.75. The number of thiol groups is 1. The predicted molar refractivity (Wildman–Crippen MR) is 90.4 cm³/mol. The molecule has 0 bridgehead atoms. The van der Waals surface area contributed by atoms with Crippen molar-refractivity contribution in [3.63, 3.8) is 0 Å². The SMILES string of the molecule is CC(C(=O)C1(c2ccccc2)CC1S)c1ccc(Cl)cc1. The van der Waals surface area contributed by atoms with Gasteiger partial charge in [-0.25, -0.2) is 0 Å². The topological polar surface area (TPSA) is 17.1 Å². The fourth-order valence-corrected chi connectivity index (χ4v) is 3.68. The highest BCUT2D eigenvalue weighted by molar-refractivity contribution is 7.81. The van der Waals surface area contributed by atoms with Gasteiger partial charge in [-0.3, -0.25) is 4.79 Å². The van der Waals surface area contributed by atoms with Crippen LogP contribution in [0.5, 0.6) is 0 Å². The van der Waals surface area contributed by atoms with Crippen LogP contribution in [0.15, 0.2) is 54.6 Å². The lowest BCUT2D eigenvalue weighted by Gasteiger charge is -2.21. The van der Waals surface area contributed by atoms with Crippen molar-refractivity contribution in [2.45, 2.75) is 29.9 Å². The first-order valence-corrected chi connectivity index (χ1v) is 7.98. The molecule has 1 fully saturated rings. The minimum absolute atomic E-state index is 0.113. The summed E-state index contributed by atoms with van der Waals surface area (Å²) in [4.78, 5) is 13.0. The van der Waals surface area contributed by atoms with Gasteiger partial charge < -0.3 is 0 Å². The van der Waals surface area contributed by atoms with Gasteiger partial charge in [-0.1, -0.05) is 61.0 Å². The van der Waals surface area contributed by atoms with E-state index in [1.165, 1.54) is 0 Å². The first-order valence-electron chi connectivity index (χ1n) is 7.09. The standard InChI is InChI=1S/C18H17ClOS/c1-12(13-7-9-15(19)10-8-13)17(20)18(11-16(18)21)14-5-3-2-4-6-14/h2-10,12,16,21H,11H2,1H3. The molecule has 3 heteroatoms. The molecule has 2 aromatic carbocycles. The number of hydrogen-bond acceptors (Lipinski definition) is 2. The van der Waals surface area contributed by atoms with E-state index in [0.717, 1.165) is 17.5 Å². The molecule has 3 atom stereocenters. The van der Waals surface area contributed by atoms with Crippen molar-refractivity contribution in [1.29, 1.82) is 0 Å². The molecule has 0 amide bonds. The normalized spacial score (nSPS) is 25.4. The Balaban J connectivity index is 1.92. The van der Waals surface area contributed by atoms with Crippen molar-refractivity contribution in [3.05, 3.63) is 70.7 Å². The van der Waals surface area contributed by atoms with E-state index in [9.17, 15) is 4.79 Å². The van der Waals surface area contributed by atoms with Crippen LogP contribution in [-0.2, 0) is 10.2 Å². The number of Topliss-reactive ketones (excluding diaryl/α,β-unsaturated/α-hetero) is 1. The minimum atomic E-state index is -0.427. The molecule has 0 spiro atoms. The minimum Gasteiger partial charge on any atom is -0.298 e. The Bertz CT molecular complexity index is 653. The van der Waals surface area contributed by atoms with Crippen LogP contribution in [-0.4, -0.2) is 11.0 Å². The van der Waals surface area contributed by atoms with Crippen LogP contribution in [0.4, 0.5) is 0 Å². The van der Waals surface area contributed by atoms with E-state index < -0.39 is 5.41 Å². The van der Waals surface area contributed by atoms with E-state index >= 15 is 0 Å². The number of benzene rings is 2. The summed E-state index contributed by atoms with van der Waals surface area (Å²) in [6.45, 7) is 1.97. The van der Waals surface area contributed by atoms with Crippen molar-refractivity contribution >= 4 is 30.0 Å². The van der Waals surface area contributed by atoms with Gasteiger partial charge in [-0.15, -0.1) is 0 Å². The van der Waals surface area contributed by atoms with Crippen LogP contribution < -0.4 is 0 Å². The van der Waals surface area contributed by atoms with Gasteiger partial charge in [-0.05, 0) is 29.7 Å². The van der Waals surface area contributed by atoms with E-state index in [4.69, 9.17) is 11.6 Å². The summed E-state index contributed by atoms with van der Waals surface area (Å²) in [7, 11) is 0. The van der Waals surface area contributed by atoms with Gasteiger partial charge in [-0.2, -0.15) is 12.6 Å². The van der Waals surface area contributed by atoms with Crippen LogP contribution in [0.25, 0.3) is 0 Å². The van der Waals surface area contributed by atoms with Crippen molar-refractivity contribution in [3.8, 4) is 0 Å². The summed E-state index contributed by atoms with van der Waals surface area (Å²) in [5, 5.41) is 0.803. The number of carbonyl (C=O) groups is 1. The Morgan fingerprint density at radius 3 is 2.29 bits per heavy atom. The van der Waals surface area contributed by atoms with Crippen LogP contribution in [0.2, 0.25) is 5.02 Å². The molecule has 0 saturated heterocycles. The Kier molecular flexibility index (Phi) is 3.85. The zero-order valence-electron chi connectivity index (χ0n) is 11.8. The smallest absolute Gasteiger partial charge is 0.151 e. The van der Waals surface area contributed by atoms with Gasteiger partial charge in [0.1, 0.15) is 0 Å². The Hall–Kier alpha value is -1.25. The van der Waals surface area contributed by atoms with Gasteiger partial charge in [0.15, 0.2) is 5.78 Å². The monoisotopic (exact) mass is 316 g/mol. The molecule has 21 heavy (non-hydrogen) atoms. The summed E-state index contributed by atoms with van der Waals surface area (Å²) in [6.07, 6.45) is 0.816. The van der Waals surface area contributed by atoms with Crippen molar-refractivity contribution in [2.75, 3.05) is 0 Å². The van der Waals surface area contributed by atoms with Gasteiger partial charge in [0.05, 0.1) is 5.41 Å². The maximum atomic E-state index is 13.0. The molecule has 0 aromatic heterocycles. The highest BCUT2D eigenvalue weighted by atomic mass is 35.5. The van der Waals surface area contributed by atoms with Crippen LogP contribution in [0, 0.1) is 0 Å². The average Bonchev–Trinajstić information content (AvgIpc) is 3.20. The molecule has 1 saturated carbocycles. The second-order valence-electron chi connectivity index (χ2n) is 5.69. The van der Waals surface area contributed by atoms with Crippen molar-refractivity contribution < 1.29 is 4.79 Å². The molecule has 3 rings (SSSR count). The van der Waals surface area contributed by atoms with Gasteiger partial charge >= 0.3 is 0 Å². The summed E-state index contributed by atoms with van der Waals surface area (Å²) in [6, 6.07) is 17.5. The fourth-order valence-electron chi connectivity index (χ4n) is 2.99. The fraction of sp³-hybridized carbons (Fsp3) is 0.278. The average molecular weight is 317 g/mol. The van der Waals surface area contributed by atoms with Gasteiger partial charge in [0.25, 0.3) is 0 Å². The zero-order valence-corrected chi connectivity index (χ0v) is 13.4. The van der Waals surface area contributed by atoms with Crippen LogP contribution >= 0.6 is 24.2 Å². The van der Waals surface area contributed by atoms with Crippen molar-refractivity contribution in [2.24, 2.45) is 0 Å². The molecule has 1 aliphatic rings. The van der Waals surface area contributed by atoms with Gasteiger partial charge in [0, 0.05) is 16.2 Å². The summed E-state index contributed by atoms with van der Waals surface area (Å²) in [5.41, 5.74) is 1.66. The highest BCUT2D eigenvalue weighted by Crippen LogP contribution is 2.54. The predicted octanol–water partition coefficient (Wildman–Crippen LogP) is 4.65. The van der Waals surface area contributed by atoms with Crippen LogP contribution in [0.3, 0.4) is 0 Å². The molecule has 108 valence electrons. The lowest BCUT2D eigenvalue weighted by Crippen LogP contribution is -2.28. The Morgan fingerprint density at radius 2 is 1.76 bits per heavy atom. The number of carbonyl (C=O) groups excluding carboxylic acids is 1. The number of halogens is 1. The lowest BCUT2D eigenvalue weighted by molar-refractivity contribution is -0.122. The molecule has 0 aliphatic heterocycles. The van der Waals surface area contributed by atoms with E-state index in [2.05, 4.69) is 12.6 Å². The van der Waals surface area contributed by atoms with E-state index in [0.29, 0.717) is 5.02 Å². The second kappa shape index (κ2) is 5.51. The molecule has 1 nitrogen and oxygen atoms in total. The molecule has 2 aromatic rings. The Morgan fingerprint density at radius 1 is 1.19 bits per heavy atom.